The first kappa shape index (κ1) is 28.3. The number of hydrogen-bond acceptors (Lipinski definition) is 8. The molecule has 0 bridgehead atoms. The number of carbonyl (C=O) groups excluding carboxylic acids is 3. The summed E-state index contributed by atoms with van der Waals surface area (Å²) >= 11 is 0. The van der Waals surface area contributed by atoms with Crippen molar-refractivity contribution in [2.75, 3.05) is 58.8 Å². The summed E-state index contributed by atoms with van der Waals surface area (Å²) in [5, 5.41) is 43.0. The van der Waals surface area contributed by atoms with Crippen molar-refractivity contribution in [3.05, 3.63) is 27.8 Å². The van der Waals surface area contributed by atoms with Gasteiger partial charge in [-0.2, -0.15) is 0 Å². The summed E-state index contributed by atoms with van der Waals surface area (Å²) in [5.74, 6) is -0.824. The van der Waals surface area contributed by atoms with Crippen molar-refractivity contribution >= 4 is 23.9 Å². The van der Waals surface area contributed by atoms with Crippen LogP contribution in [-0.4, -0.2) is 114 Å². The zero-order chi connectivity index (χ0) is 25.3. The van der Waals surface area contributed by atoms with Gasteiger partial charge in [-0.3, -0.25) is 14.4 Å². The summed E-state index contributed by atoms with van der Waals surface area (Å²) < 4.78 is 0. The second kappa shape index (κ2) is 13.1. The molecule has 11 heteroatoms. The molecule has 0 aliphatic heterocycles. The van der Waals surface area contributed by atoms with Crippen LogP contribution in [0.3, 0.4) is 0 Å². The van der Waals surface area contributed by atoms with E-state index in [0.717, 1.165) is 0 Å². The number of hydrogen-bond donors (Lipinski definition) is 6. The van der Waals surface area contributed by atoms with Crippen LogP contribution in [0.4, 0.5) is 5.69 Å². The van der Waals surface area contributed by atoms with Crippen molar-refractivity contribution in [3.8, 4) is 0 Å². The van der Waals surface area contributed by atoms with Crippen molar-refractivity contribution in [2.24, 2.45) is 0 Å². The molecular weight excluding hydrogens is 432 g/mol. The molecule has 2 atom stereocenters. The molecule has 3 amide bonds. The first-order chi connectivity index (χ1) is 15.5. The Balaban J connectivity index is 3.20. The smallest absolute Gasteiger partial charge is 0.254 e. The van der Waals surface area contributed by atoms with Gasteiger partial charge in [-0.1, -0.05) is 0 Å². The van der Waals surface area contributed by atoms with Gasteiger partial charge in [0.1, 0.15) is 0 Å². The van der Waals surface area contributed by atoms with E-state index >= 15 is 0 Å². The van der Waals surface area contributed by atoms with Crippen molar-refractivity contribution in [2.45, 2.75) is 33.0 Å². The van der Waals surface area contributed by atoms with E-state index in [0.29, 0.717) is 39.9 Å². The van der Waals surface area contributed by atoms with E-state index in [1.54, 1.807) is 27.8 Å². The number of anilines is 1. The fourth-order valence-electron chi connectivity index (χ4n) is 3.82. The van der Waals surface area contributed by atoms with Gasteiger partial charge in [-0.25, -0.2) is 0 Å². The van der Waals surface area contributed by atoms with Crippen LogP contribution in [0.25, 0.3) is 0 Å². The molecule has 0 saturated heterocycles. The van der Waals surface area contributed by atoms with Gasteiger partial charge in [0.05, 0.1) is 25.4 Å². The minimum atomic E-state index is -1.08. The molecule has 186 valence electrons. The Bertz CT molecular complexity index is 847. The molecule has 6 N–H and O–H groups in total. The second-order valence-corrected chi connectivity index (χ2v) is 7.96. The molecule has 0 radical (unpaired) electrons. The van der Waals surface area contributed by atoms with Crippen LogP contribution in [0, 0.1) is 20.8 Å². The van der Waals surface area contributed by atoms with E-state index in [9.17, 15) is 24.6 Å². The minimum Gasteiger partial charge on any atom is -0.394 e. The third-order valence-electron chi connectivity index (χ3n) is 5.47. The number of nitrogens with one attached hydrogen (secondary N) is 2. The number of amides is 3. The zero-order valence-corrected chi connectivity index (χ0v) is 19.9. The SMILES string of the molecule is CNc1c(C)c(C(=O)NCCN(C=O)CC(O)CO)c(C)c(C(=O)N(C)CC(O)CO)c1C. The van der Waals surface area contributed by atoms with E-state index in [2.05, 4.69) is 10.6 Å². The number of benzene rings is 1. The molecule has 33 heavy (non-hydrogen) atoms. The third kappa shape index (κ3) is 7.13. The predicted octanol–water partition coefficient (Wildman–Crippen LogP) is -1.38. The molecular formula is C22H36N4O7. The summed E-state index contributed by atoms with van der Waals surface area (Å²) in [5.41, 5.74) is 3.05. The van der Waals surface area contributed by atoms with Crippen LogP contribution in [0.5, 0.6) is 0 Å². The first-order valence-corrected chi connectivity index (χ1v) is 10.7. The topological polar surface area (TPSA) is 163 Å². The number of aliphatic hydroxyl groups is 4. The number of nitrogens with zero attached hydrogens (tertiary/aromatic N) is 2. The highest BCUT2D eigenvalue weighted by Crippen LogP contribution is 2.32. The maximum atomic E-state index is 13.1. The van der Waals surface area contributed by atoms with Crippen LogP contribution in [0.2, 0.25) is 0 Å². The maximum absolute atomic E-state index is 13.1. The average molecular weight is 469 g/mol. The van der Waals surface area contributed by atoms with Gasteiger partial charge in [0.2, 0.25) is 6.41 Å². The van der Waals surface area contributed by atoms with Gasteiger partial charge in [0, 0.05) is 57.1 Å². The molecule has 0 heterocycles. The lowest BCUT2D eigenvalue weighted by Crippen LogP contribution is -2.39. The largest absolute Gasteiger partial charge is 0.394 e. The first-order valence-electron chi connectivity index (χ1n) is 10.7. The number of rotatable bonds is 13. The van der Waals surface area contributed by atoms with Gasteiger partial charge in [0.15, 0.2) is 0 Å². The van der Waals surface area contributed by atoms with Crippen molar-refractivity contribution in [1.29, 1.82) is 0 Å². The van der Waals surface area contributed by atoms with Crippen LogP contribution in [-0.2, 0) is 4.79 Å². The summed E-state index contributed by atoms with van der Waals surface area (Å²) in [6, 6.07) is 0. The van der Waals surface area contributed by atoms with E-state index in [-0.39, 0.29) is 26.2 Å². The molecule has 1 aromatic rings. The summed E-state index contributed by atoms with van der Waals surface area (Å²) in [6.45, 7) is 4.35. The second-order valence-electron chi connectivity index (χ2n) is 7.96. The normalized spacial score (nSPS) is 12.6. The Morgan fingerprint density at radius 3 is 2.03 bits per heavy atom. The Morgan fingerprint density at radius 2 is 1.52 bits per heavy atom. The third-order valence-corrected chi connectivity index (χ3v) is 5.47. The fraction of sp³-hybridized carbons (Fsp3) is 0.591. The molecule has 0 aliphatic rings. The van der Waals surface area contributed by atoms with Gasteiger partial charge in [0.25, 0.3) is 11.8 Å². The molecule has 2 unspecified atom stereocenters. The average Bonchev–Trinajstić information content (AvgIpc) is 2.77. The van der Waals surface area contributed by atoms with E-state index in [1.165, 1.54) is 16.8 Å². The van der Waals surface area contributed by atoms with Gasteiger partial charge in [-0.15, -0.1) is 0 Å². The number of carbonyl (C=O) groups is 3. The maximum Gasteiger partial charge on any atom is 0.254 e. The standard InChI is InChI=1S/C22H36N4O7/c1-13-18(21(32)24-6-7-26(12-29)9-17(31)11-28)14(2)20(23-4)15(3)19(13)22(33)25(5)8-16(30)10-27/h12,16-17,23,27-28,30-31H,6-11H2,1-5H3,(H,24,32). The minimum absolute atomic E-state index is 0.0625. The van der Waals surface area contributed by atoms with E-state index in [4.69, 9.17) is 10.2 Å². The Kier molecular flexibility index (Phi) is 11.2. The van der Waals surface area contributed by atoms with E-state index in [1.807, 2.05) is 0 Å². The summed E-state index contributed by atoms with van der Waals surface area (Å²) in [7, 11) is 3.20. The molecule has 0 saturated carbocycles. The monoisotopic (exact) mass is 468 g/mol. The Labute approximate surface area is 194 Å². The number of likely N-dealkylation sites (N-methyl/N-ethyl adjacent to an activating group) is 1. The van der Waals surface area contributed by atoms with Gasteiger partial charge in [-0.05, 0) is 37.5 Å². The van der Waals surface area contributed by atoms with Crippen molar-refractivity contribution in [1.82, 2.24) is 15.1 Å². The predicted molar refractivity (Wildman–Crippen MR) is 123 cm³/mol. The molecule has 1 rings (SSSR count). The molecule has 1 aromatic carbocycles. The number of aliphatic hydroxyl groups excluding tert-OH is 4. The molecule has 0 spiro atoms. The Morgan fingerprint density at radius 1 is 0.970 bits per heavy atom. The lowest BCUT2D eigenvalue weighted by atomic mass is 9.90. The highest BCUT2D eigenvalue weighted by molar-refractivity contribution is 6.06. The molecule has 0 fully saturated rings. The quantitative estimate of drug-likeness (QED) is 0.193. The van der Waals surface area contributed by atoms with Crippen molar-refractivity contribution in [3.63, 3.8) is 0 Å². The highest BCUT2D eigenvalue weighted by Gasteiger charge is 2.27. The van der Waals surface area contributed by atoms with Crippen LogP contribution in [0.15, 0.2) is 0 Å². The van der Waals surface area contributed by atoms with E-state index < -0.39 is 37.2 Å². The highest BCUT2D eigenvalue weighted by atomic mass is 16.3. The zero-order valence-electron chi connectivity index (χ0n) is 19.9. The van der Waals surface area contributed by atoms with Gasteiger partial charge < -0.3 is 40.9 Å². The van der Waals surface area contributed by atoms with Crippen LogP contribution >= 0.6 is 0 Å². The van der Waals surface area contributed by atoms with Gasteiger partial charge >= 0.3 is 0 Å². The summed E-state index contributed by atoms with van der Waals surface area (Å²) in [4.78, 5) is 39.9. The van der Waals surface area contributed by atoms with Crippen LogP contribution < -0.4 is 10.6 Å². The van der Waals surface area contributed by atoms with Crippen molar-refractivity contribution < 1.29 is 34.8 Å². The molecule has 11 nitrogen and oxygen atoms in total. The molecule has 0 aromatic heterocycles. The Hall–Kier alpha value is -2.73. The van der Waals surface area contributed by atoms with Crippen LogP contribution in [0.1, 0.15) is 37.4 Å². The lowest BCUT2D eigenvalue weighted by molar-refractivity contribution is -0.119. The lowest BCUT2D eigenvalue weighted by Gasteiger charge is -2.26. The molecule has 0 aliphatic carbocycles. The fourth-order valence-corrected chi connectivity index (χ4v) is 3.82. The summed E-state index contributed by atoms with van der Waals surface area (Å²) in [6.07, 6.45) is -1.62.